The van der Waals surface area contributed by atoms with Gasteiger partial charge in [0.2, 0.25) is 0 Å². The van der Waals surface area contributed by atoms with Crippen LogP contribution in [0.15, 0.2) is 11.6 Å². The van der Waals surface area contributed by atoms with Crippen molar-refractivity contribution < 1.29 is 9.47 Å². The van der Waals surface area contributed by atoms with Crippen molar-refractivity contribution in [3.8, 4) is 0 Å². The Bertz CT molecular complexity index is 244. The van der Waals surface area contributed by atoms with E-state index in [-0.39, 0.29) is 0 Å². The molecule has 1 N–H and O–H groups in total. The second-order valence-electron chi connectivity index (χ2n) is 4.85. The minimum atomic E-state index is 0.474. The van der Waals surface area contributed by atoms with E-state index in [2.05, 4.69) is 23.2 Å². The Hall–Kier alpha value is -0.420. The molecule has 1 heterocycles. The molecule has 4 nitrogen and oxygen atoms in total. The molecule has 0 aromatic heterocycles. The largest absolute Gasteiger partial charge is 0.383 e. The Labute approximate surface area is 111 Å². The molecule has 0 amide bonds. The third-order valence-electron chi connectivity index (χ3n) is 3.35. The summed E-state index contributed by atoms with van der Waals surface area (Å²) in [5.74, 6) is 0. The molecule has 106 valence electrons. The van der Waals surface area contributed by atoms with Gasteiger partial charge in [0.05, 0.1) is 13.2 Å². The van der Waals surface area contributed by atoms with E-state index < -0.39 is 0 Å². The van der Waals surface area contributed by atoms with Gasteiger partial charge in [-0.3, -0.25) is 4.90 Å². The predicted octanol–water partition coefficient (Wildman–Crippen LogP) is 1.28. The maximum atomic E-state index is 5.34. The molecule has 1 aliphatic heterocycles. The Morgan fingerprint density at radius 1 is 1.39 bits per heavy atom. The zero-order chi connectivity index (χ0) is 13.2. The second-order valence-corrected chi connectivity index (χ2v) is 4.85. The average Bonchev–Trinajstić information content (AvgIpc) is 2.39. The molecule has 0 radical (unpaired) electrons. The van der Waals surface area contributed by atoms with Gasteiger partial charge in [0.1, 0.15) is 0 Å². The van der Waals surface area contributed by atoms with Crippen molar-refractivity contribution in [3.05, 3.63) is 11.6 Å². The maximum absolute atomic E-state index is 5.34. The standard InChI is InChI=1S/C14H28N2O2/c1-4-7-15-10-14(12-18-3)16-8-5-13(6-9-16)11-17-2/h5,14-15H,4,6-12H2,1-3H3. The molecule has 0 aliphatic carbocycles. The first-order valence-corrected chi connectivity index (χ1v) is 6.92. The Morgan fingerprint density at radius 2 is 2.22 bits per heavy atom. The summed E-state index contributed by atoms with van der Waals surface area (Å²) in [4.78, 5) is 2.49. The van der Waals surface area contributed by atoms with Gasteiger partial charge in [0, 0.05) is 39.9 Å². The van der Waals surface area contributed by atoms with E-state index in [1.165, 1.54) is 12.0 Å². The van der Waals surface area contributed by atoms with Crippen LogP contribution in [0.4, 0.5) is 0 Å². The summed E-state index contributed by atoms with van der Waals surface area (Å²) >= 11 is 0. The van der Waals surface area contributed by atoms with Crippen LogP contribution in [0.2, 0.25) is 0 Å². The van der Waals surface area contributed by atoms with E-state index in [0.717, 1.165) is 45.8 Å². The van der Waals surface area contributed by atoms with Crippen LogP contribution in [-0.2, 0) is 9.47 Å². The molecule has 18 heavy (non-hydrogen) atoms. The molecule has 0 bridgehead atoms. The highest BCUT2D eigenvalue weighted by Gasteiger charge is 2.20. The lowest BCUT2D eigenvalue weighted by Crippen LogP contribution is -2.47. The van der Waals surface area contributed by atoms with Crippen LogP contribution in [0.25, 0.3) is 0 Å². The number of methoxy groups -OCH3 is 2. The van der Waals surface area contributed by atoms with Gasteiger partial charge in [0.25, 0.3) is 0 Å². The fourth-order valence-corrected chi connectivity index (χ4v) is 2.31. The molecule has 1 rings (SSSR count). The number of nitrogens with one attached hydrogen (secondary N) is 1. The van der Waals surface area contributed by atoms with Crippen LogP contribution in [0.5, 0.6) is 0 Å². The fraction of sp³-hybridized carbons (Fsp3) is 0.857. The van der Waals surface area contributed by atoms with E-state index in [4.69, 9.17) is 9.47 Å². The molecule has 0 saturated carbocycles. The van der Waals surface area contributed by atoms with Crippen LogP contribution in [-0.4, -0.2) is 64.6 Å². The van der Waals surface area contributed by atoms with Gasteiger partial charge >= 0.3 is 0 Å². The zero-order valence-electron chi connectivity index (χ0n) is 12.1. The second kappa shape index (κ2) is 9.50. The first-order valence-electron chi connectivity index (χ1n) is 6.92. The lowest BCUT2D eigenvalue weighted by atomic mass is 10.1. The molecular formula is C14H28N2O2. The third-order valence-corrected chi connectivity index (χ3v) is 3.35. The predicted molar refractivity (Wildman–Crippen MR) is 75.0 cm³/mol. The molecule has 0 spiro atoms. The zero-order valence-corrected chi connectivity index (χ0v) is 12.1. The van der Waals surface area contributed by atoms with Gasteiger partial charge in [-0.15, -0.1) is 0 Å². The van der Waals surface area contributed by atoms with Crippen LogP contribution in [0.3, 0.4) is 0 Å². The lowest BCUT2D eigenvalue weighted by molar-refractivity contribution is 0.0924. The van der Waals surface area contributed by atoms with Gasteiger partial charge in [-0.05, 0) is 25.0 Å². The van der Waals surface area contributed by atoms with Crippen molar-refractivity contribution in [2.24, 2.45) is 0 Å². The SMILES string of the molecule is CCCNCC(COC)N1CC=C(COC)CC1. The topological polar surface area (TPSA) is 33.7 Å². The van der Waals surface area contributed by atoms with Crippen LogP contribution in [0.1, 0.15) is 19.8 Å². The molecule has 0 fully saturated rings. The van der Waals surface area contributed by atoms with Crippen molar-refractivity contribution in [3.63, 3.8) is 0 Å². The summed E-state index contributed by atoms with van der Waals surface area (Å²) in [5, 5.41) is 3.49. The highest BCUT2D eigenvalue weighted by molar-refractivity contribution is 5.08. The third kappa shape index (κ3) is 5.48. The van der Waals surface area contributed by atoms with Gasteiger partial charge < -0.3 is 14.8 Å². The smallest absolute Gasteiger partial charge is 0.0673 e. The Kier molecular flexibility index (Phi) is 8.25. The van der Waals surface area contributed by atoms with E-state index in [1.54, 1.807) is 14.2 Å². The van der Waals surface area contributed by atoms with Crippen molar-refractivity contribution in [1.29, 1.82) is 0 Å². The summed E-state index contributed by atoms with van der Waals surface area (Å²) in [6.45, 7) is 7.98. The summed E-state index contributed by atoms with van der Waals surface area (Å²) in [5.41, 5.74) is 1.42. The van der Waals surface area contributed by atoms with Crippen molar-refractivity contribution >= 4 is 0 Å². The lowest BCUT2D eigenvalue weighted by Gasteiger charge is -2.33. The number of hydrogen-bond donors (Lipinski definition) is 1. The number of ether oxygens (including phenoxy) is 2. The summed E-state index contributed by atoms with van der Waals surface area (Å²) in [6.07, 6.45) is 4.59. The molecule has 4 heteroatoms. The van der Waals surface area contributed by atoms with E-state index in [0.29, 0.717) is 6.04 Å². The summed E-state index contributed by atoms with van der Waals surface area (Å²) < 4.78 is 10.5. The first kappa shape index (κ1) is 15.6. The Morgan fingerprint density at radius 3 is 2.78 bits per heavy atom. The number of rotatable bonds is 9. The minimum Gasteiger partial charge on any atom is -0.383 e. The van der Waals surface area contributed by atoms with Crippen molar-refractivity contribution in [2.45, 2.75) is 25.8 Å². The highest BCUT2D eigenvalue weighted by atomic mass is 16.5. The molecule has 0 aromatic rings. The average molecular weight is 256 g/mol. The van der Waals surface area contributed by atoms with E-state index in [1.807, 2.05) is 0 Å². The minimum absolute atomic E-state index is 0.474. The quantitative estimate of drug-likeness (QED) is 0.498. The van der Waals surface area contributed by atoms with Gasteiger partial charge in [-0.25, -0.2) is 0 Å². The van der Waals surface area contributed by atoms with E-state index >= 15 is 0 Å². The van der Waals surface area contributed by atoms with Gasteiger partial charge in [-0.1, -0.05) is 13.0 Å². The molecule has 1 unspecified atom stereocenters. The molecule has 0 saturated heterocycles. The highest BCUT2D eigenvalue weighted by Crippen LogP contribution is 2.13. The molecule has 1 aliphatic rings. The monoisotopic (exact) mass is 256 g/mol. The molecular weight excluding hydrogens is 228 g/mol. The van der Waals surface area contributed by atoms with Gasteiger partial charge in [-0.2, -0.15) is 0 Å². The maximum Gasteiger partial charge on any atom is 0.0673 e. The van der Waals surface area contributed by atoms with Crippen LogP contribution in [0, 0.1) is 0 Å². The Balaban J connectivity index is 2.39. The van der Waals surface area contributed by atoms with Crippen LogP contribution >= 0.6 is 0 Å². The van der Waals surface area contributed by atoms with E-state index in [9.17, 15) is 0 Å². The van der Waals surface area contributed by atoms with Crippen LogP contribution < -0.4 is 5.32 Å². The van der Waals surface area contributed by atoms with Gasteiger partial charge in [0.15, 0.2) is 0 Å². The normalized spacial score (nSPS) is 18.7. The number of hydrogen-bond acceptors (Lipinski definition) is 4. The summed E-state index contributed by atoms with van der Waals surface area (Å²) in [6, 6.07) is 0.474. The number of nitrogens with zero attached hydrogens (tertiary/aromatic N) is 1. The fourth-order valence-electron chi connectivity index (χ4n) is 2.31. The first-order chi connectivity index (χ1) is 8.81. The van der Waals surface area contributed by atoms with Crippen molar-refractivity contribution in [1.82, 2.24) is 10.2 Å². The summed E-state index contributed by atoms with van der Waals surface area (Å²) in [7, 11) is 3.54. The van der Waals surface area contributed by atoms with Crippen molar-refractivity contribution in [2.75, 3.05) is 53.6 Å². The molecule has 0 aromatic carbocycles. The molecule has 1 atom stereocenters.